The van der Waals surface area contributed by atoms with Gasteiger partial charge < -0.3 is 10.0 Å². The van der Waals surface area contributed by atoms with Gasteiger partial charge in [0.2, 0.25) is 0 Å². The van der Waals surface area contributed by atoms with Crippen molar-refractivity contribution in [2.24, 2.45) is 0 Å². The van der Waals surface area contributed by atoms with Gasteiger partial charge in [-0.3, -0.25) is 0 Å². The molecule has 19 heavy (non-hydrogen) atoms. The maximum atomic E-state index is 11.2. The van der Waals surface area contributed by atoms with Gasteiger partial charge in [-0.25, -0.2) is 4.79 Å². The second kappa shape index (κ2) is 5.89. The Balaban J connectivity index is 2.30. The second-order valence-corrected chi connectivity index (χ2v) is 5.22. The zero-order valence-electron chi connectivity index (χ0n) is 10.5. The number of nitrogens with zero attached hydrogens (tertiary/aromatic N) is 1. The van der Waals surface area contributed by atoms with Gasteiger partial charge in [0.25, 0.3) is 0 Å². The van der Waals surface area contributed by atoms with Crippen molar-refractivity contribution in [1.29, 1.82) is 0 Å². The molecule has 0 aliphatic carbocycles. The van der Waals surface area contributed by atoms with Crippen molar-refractivity contribution in [1.82, 2.24) is 0 Å². The number of hydrogen-bond donors (Lipinski definition) is 1. The van der Waals surface area contributed by atoms with E-state index in [0.717, 1.165) is 10.0 Å². The average Bonchev–Trinajstić information content (AvgIpc) is 2.39. The maximum absolute atomic E-state index is 11.2. The maximum Gasteiger partial charge on any atom is 0.337 e. The number of carboxylic acids is 1. The molecule has 2 aromatic rings. The minimum atomic E-state index is -0.914. The van der Waals surface area contributed by atoms with Crippen LogP contribution in [0.2, 0.25) is 0 Å². The van der Waals surface area contributed by atoms with Crippen molar-refractivity contribution in [2.45, 2.75) is 6.54 Å². The van der Waals surface area contributed by atoms with Crippen LogP contribution in [-0.4, -0.2) is 18.1 Å². The first-order chi connectivity index (χ1) is 9.08. The lowest BCUT2D eigenvalue weighted by atomic mass is 10.1. The molecule has 0 unspecified atom stereocenters. The third kappa shape index (κ3) is 3.35. The van der Waals surface area contributed by atoms with E-state index in [4.69, 9.17) is 0 Å². The number of hydrogen-bond acceptors (Lipinski definition) is 2. The van der Waals surface area contributed by atoms with Crippen LogP contribution >= 0.6 is 15.9 Å². The van der Waals surface area contributed by atoms with Gasteiger partial charge in [-0.05, 0) is 23.8 Å². The summed E-state index contributed by atoms with van der Waals surface area (Å²) < 4.78 is 0.868. The van der Waals surface area contributed by atoms with E-state index >= 15 is 0 Å². The lowest BCUT2D eigenvalue weighted by Gasteiger charge is -2.21. The van der Waals surface area contributed by atoms with Crippen LogP contribution in [0.3, 0.4) is 0 Å². The van der Waals surface area contributed by atoms with Crippen molar-refractivity contribution >= 4 is 27.6 Å². The summed E-state index contributed by atoms with van der Waals surface area (Å²) in [6.07, 6.45) is 0. The summed E-state index contributed by atoms with van der Waals surface area (Å²) in [5, 5.41) is 9.23. The quantitative estimate of drug-likeness (QED) is 0.932. The van der Waals surface area contributed by atoms with Gasteiger partial charge >= 0.3 is 5.97 Å². The monoisotopic (exact) mass is 319 g/mol. The lowest BCUT2D eigenvalue weighted by molar-refractivity contribution is 0.0697. The van der Waals surface area contributed by atoms with Crippen LogP contribution in [-0.2, 0) is 6.54 Å². The largest absolute Gasteiger partial charge is 0.478 e. The van der Waals surface area contributed by atoms with Gasteiger partial charge in [0.1, 0.15) is 0 Å². The van der Waals surface area contributed by atoms with Gasteiger partial charge in [0.05, 0.1) is 11.3 Å². The smallest absolute Gasteiger partial charge is 0.337 e. The van der Waals surface area contributed by atoms with E-state index in [0.29, 0.717) is 17.8 Å². The summed E-state index contributed by atoms with van der Waals surface area (Å²) in [6, 6.07) is 15.1. The first-order valence-corrected chi connectivity index (χ1v) is 6.65. The van der Waals surface area contributed by atoms with Crippen molar-refractivity contribution < 1.29 is 9.90 Å². The summed E-state index contributed by atoms with van der Waals surface area (Å²) in [6.45, 7) is 0.664. The summed E-state index contributed by atoms with van der Waals surface area (Å²) >= 11 is 3.38. The minimum absolute atomic E-state index is 0.307. The first-order valence-electron chi connectivity index (χ1n) is 5.86. The van der Waals surface area contributed by atoms with Crippen LogP contribution in [0.15, 0.2) is 53.0 Å². The highest BCUT2D eigenvalue weighted by molar-refractivity contribution is 9.10. The zero-order valence-corrected chi connectivity index (χ0v) is 12.1. The van der Waals surface area contributed by atoms with Crippen LogP contribution in [0, 0.1) is 0 Å². The van der Waals surface area contributed by atoms with Gasteiger partial charge in [0, 0.05) is 18.1 Å². The molecule has 0 heterocycles. The number of aromatic carboxylic acids is 1. The Labute approximate surface area is 120 Å². The molecule has 98 valence electrons. The molecule has 0 atom stereocenters. The van der Waals surface area contributed by atoms with E-state index in [-0.39, 0.29) is 0 Å². The average molecular weight is 320 g/mol. The summed E-state index contributed by atoms with van der Waals surface area (Å²) in [5.74, 6) is -0.914. The molecule has 0 spiro atoms. The third-order valence-electron chi connectivity index (χ3n) is 2.86. The van der Waals surface area contributed by atoms with Gasteiger partial charge in [-0.1, -0.05) is 46.3 Å². The topological polar surface area (TPSA) is 40.5 Å². The van der Waals surface area contributed by atoms with Gasteiger partial charge in [-0.15, -0.1) is 0 Å². The number of halogens is 1. The molecule has 2 aromatic carbocycles. The molecule has 0 amide bonds. The van der Waals surface area contributed by atoms with Crippen molar-refractivity contribution in [3.8, 4) is 0 Å². The molecule has 2 rings (SSSR count). The fourth-order valence-corrected chi connectivity index (χ4v) is 2.29. The van der Waals surface area contributed by atoms with E-state index < -0.39 is 5.97 Å². The van der Waals surface area contributed by atoms with E-state index in [9.17, 15) is 9.90 Å². The summed E-state index contributed by atoms with van der Waals surface area (Å²) in [5.41, 5.74) is 2.15. The SMILES string of the molecule is CN(Cc1ccccc1)c1cc(Br)ccc1C(=O)O. The molecule has 0 radical (unpaired) electrons. The van der Waals surface area contributed by atoms with E-state index in [1.807, 2.05) is 48.3 Å². The zero-order chi connectivity index (χ0) is 13.8. The summed E-state index contributed by atoms with van der Waals surface area (Å²) in [7, 11) is 1.89. The summed E-state index contributed by atoms with van der Waals surface area (Å²) in [4.78, 5) is 13.2. The fraction of sp³-hybridized carbons (Fsp3) is 0.133. The molecular formula is C15H14BrNO2. The van der Waals surface area contributed by atoms with E-state index in [2.05, 4.69) is 15.9 Å². The Morgan fingerprint density at radius 1 is 1.21 bits per heavy atom. The second-order valence-electron chi connectivity index (χ2n) is 4.31. The molecule has 1 N–H and O–H groups in total. The Bertz CT molecular complexity index is 584. The van der Waals surface area contributed by atoms with Crippen LogP contribution in [0.4, 0.5) is 5.69 Å². The Hall–Kier alpha value is -1.81. The van der Waals surface area contributed by atoms with Gasteiger partial charge in [0.15, 0.2) is 0 Å². The van der Waals surface area contributed by atoms with Crippen LogP contribution in [0.5, 0.6) is 0 Å². The highest BCUT2D eigenvalue weighted by atomic mass is 79.9. The minimum Gasteiger partial charge on any atom is -0.478 e. The van der Waals surface area contributed by atoms with E-state index in [1.165, 1.54) is 0 Å². The van der Waals surface area contributed by atoms with Gasteiger partial charge in [-0.2, -0.15) is 0 Å². The van der Waals surface area contributed by atoms with Crippen LogP contribution in [0.25, 0.3) is 0 Å². The third-order valence-corrected chi connectivity index (χ3v) is 3.36. The Morgan fingerprint density at radius 2 is 1.89 bits per heavy atom. The predicted octanol–water partition coefficient (Wildman–Crippen LogP) is 3.78. The molecular weight excluding hydrogens is 306 g/mol. The molecule has 0 saturated carbocycles. The Kier molecular flexibility index (Phi) is 4.22. The number of carbonyl (C=O) groups is 1. The number of benzene rings is 2. The first kappa shape index (κ1) is 13.6. The molecule has 0 saturated heterocycles. The normalized spacial score (nSPS) is 10.2. The lowest BCUT2D eigenvalue weighted by Crippen LogP contribution is -2.19. The fourth-order valence-electron chi connectivity index (χ4n) is 1.94. The predicted molar refractivity (Wildman–Crippen MR) is 79.7 cm³/mol. The van der Waals surface area contributed by atoms with Crippen molar-refractivity contribution in [3.63, 3.8) is 0 Å². The molecule has 0 aliphatic rings. The number of carboxylic acid groups (broad SMARTS) is 1. The Morgan fingerprint density at radius 3 is 2.53 bits per heavy atom. The molecule has 0 aliphatic heterocycles. The van der Waals surface area contributed by atoms with Crippen molar-refractivity contribution in [2.75, 3.05) is 11.9 Å². The van der Waals surface area contributed by atoms with Crippen LogP contribution < -0.4 is 4.90 Å². The highest BCUT2D eigenvalue weighted by Gasteiger charge is 2.14. The molecule has 0 fully saturated rings. The molecule has 0 bridgehead atoms. The molecule has 4 heteroatoms. The number of rotatable bonds is 4. The molecule has 3 nitrogen and oxygen atoms in total. The van der Waals surface area contributed by atoms with E-state index in [1.54, 1.807) is 12.1 Å². The van der Waals surface area contributed by atoms with Crippen LogP contribution in [0.1, 0.15) is 15.9 Å². The highest BCUT2D eigenvalue weighted by Crippen LogP contribution is 2.25. The number of anilines is 1. The van der Waals surface area contributed by atoms with Crippen molar-refractivity contribution in [3.05, 3.63) is 64.1 Å². The molecule has 0 aromatic heterocycles. The standard InChI is InChI=1S/C15H14BrNO2/c1-17(10-11-5-3-2-4-6-11)14-9-12(16)7-8-13(14)15(18)19/h2-9H,10H2,1H3,(H,18,19).